The number of nitrogens with one attached hydrogen (secondary N) is 1. The molecule has 5 nitrogen and oxygen atoms in total. The highest BCUT2D eigenvalue weighted by atomic mass is 16.5. The van der Waals surface area contributed by atoms with E-state index in [-0.39, 0.29) is 11.6 Å². The number of rotatable bonds is 3. The first kappa shape index (κ1) is 13.9. The monoisotopic (exact) mass is 295 g/mol. The minimum Gasteiger partial charge on any atom is -0.493 e. The Labute approximate surface area is 126 Å². The lowest BCUT2D eigenvalue weighted by Gasteiger charge is -2.07. The third-order valence-electron chi connectivity index (χ3n) is 3.23. The lowest BCUT2D eigenvalue weighted by atomic mass is 10.2. The first-order valence-corrected chi connectivity index (χ1v) is 6.66. The van der Waals surface area contributed by atoms with E-state index in [4.69, 9.17) is 9.15 Å². The van der Waals surface area contributed by atoms with Crippen molar-refractivity contribution in [1.82, 2.24) is 0 Å². The Morgan fingerprint density at radius 1 is 1.09 bits per heavy atom. The van der Waals surface area contributed by atoms with Crippen molar-refractivity contribution in [2.24, 2.45) is 0 Å². The molecule has 3 rings (SSSR count). The Morgan fingerprint density at radius 2 is 1.86 bits per heavy atom. The van der Waals surface area contributed by atoms with E-state index < -0.39 is 5.63 Å². The van der Waals surface area contributed by atoms with E-state index >= 15 is 0 Å². The Morgan fingerprint density at radius 3 is 2.59 bits per heavy atom. The summed E-state index contributed by atoms with van der Waals surface area (Å²) in [6.45, 7) is 0. The van der Waals surface area contributed by atoms with Gasteiger partial charge in [-0.1, -0.05) is 30.3 Å². The van der Waals surface area contributed by atoms with E-state index in [9.17, 15) is 9.59 Å². The summed E-state index contributed by atoms with van der Waals surface area (Å²) in [6, 6.07) is 15.5. The SMILES string of the molecule is COc1cccc2cc(NC(=O)c3ccccc3)c(=O)oc12. The van der Waals surface area contributed by atoms with Crippen LogP contribution in [0.25, 0.3) is 11.0 Å². The summed E-state index contributed by atoms with van der Waals surface area (Å²) in [6.07, 6.45) is 0. The van der Waals surface area contributed by atoms with Gasteiger partial charge in [0.2, 0.25) is 0 Å². The number of hydrogen-bond acceptors (Lipinski definition) is 4. The number of carbonyl (C=O) groups excluding carboxylic acids is 1. The third kappa shape index (κ3) is 2.56. The van der Waals surface area contributed by atoms with Crippen LogP contribution in [0.4, 0.5) is 5.69 Å². The van der Waals surface area contributed by atoms with Gasteiger partial charge in [0, 0.05) is 10.9 Å². The molecule has 110 valence electrons. The van der Waals surface area contributed by atoms with Gasteiger partial charge < -0.3 is 14.5 Å². The van der Waals surface area contributed by atoms with Crippen molar-refractivity contribution in [2.45, 2.75) is 0 Å². The minimum absolute atomic E-state index is 0.0922. The van der Waals surface area contributed by atoms with Crippen molar-refractivity contribution in [1.29, 1.82) is 0 Å². The molecule has 3 aromatic rings. The summed E-state index contributed by atoms with van der Waals surface area (Å²) in [4.78, 5) is 24.1. The second-order valence-electron chi connectivity index (χ2n) is 4.65. The highest BCUT2D eigenvalue weighted by Crippen LogP contribution is 2.25. The molecule has 1 N–H and O–H groups in total. The van der Waals surface area contributed by atoms with Gasteiger partial charge in [-0.25, -0.2) is 4.79 Å². The van der Waals surface area contributed by atoms with Crippen molar-refractivity contribution < 1.29 is 13.9 Å². The normalized spacial score (nSPS) is 10.4. The number of carbonyl (C=O) groups is 1. The minimum atomic E-state index is -0.624. The van der Waals surface area contributed by atoms with Crippen molar-refractivity contribution in [2.75, 3.05) is 12.4 Å². The molecule has 5 heteroatoms. The molecule has 1 amide bonds. The molecule has 2 aromatic carbocycles. The molecular weight excluding hydrogens is 282 g/mol. The zero-order valence-corrected chi connectivity index (χ0v) is 11.8. The summed E-state index contributed by atoms with van der Waals surface area (Å²) >= 11 is 0. The maximum atomic E-state index is 12.1. The van der Waals surface area contributed by atoms with Crippen LogP contribution < -0.4 is 15.7 Å². The van der Waals surface area contributed by atoms with Crippen LogP contribution in [0.2, 0.25) is 0 Å². The molecule has 0 aliphatic heterocycles. The molecule has 1 aromatic heterocycles. The van der Waals surface area contributed by atoms with Gasteiger partial charge in [0.05, 0.1) is 7.11 Å². The molecule has 0 aliphatic carbocycles. The summed E-state index contributed by atoms with van der Waals surface area (Å²) in [7, 11) is 1.50. The number of anilines is 1. The number of ether oxygens (including phenoxy) is 1. The van der Waals surface area contributed by atoms with Crippen LogP contribution in [-0.4, -0.2) is 13.0 Å². The fraction of sp³-hybridized carbons (Fsp3) is 0.0588. The van der Waals surface area contributed by atoms with Crippen LogP contribution in [0.1, 0.15) is 10.4 Å². The van der Waals surface area contributed by atoms with Crippen molar-refractivity contribution in [3.63, 3.8) is 0 Å². The molecule has 0 spiro atoms. The quantitative estimate of drug-likeness (QED) is 0.754. The van der Waals surface area contributed by atoms with E-state index in [0.717, 1.165) is 0 Å². The maximum absolute atomic E-state index is 12.1. The largest absolute Gasteiger partial charge is 0.493 e. The Hall–Kier alpha value is -3.08. The smallest absolute Gasteiger partial charge is 0.360 e. The summed E-state index contributed by atoms with van der Waals surface area (Å²) in [5.74, 6) is 0.102. The molecule has 0 atom stereocenters. The Bertz CT molecular complexity index is 884. The number of methoxy groups -OCH3 is 1. The Balaban J connectivity index is 2.00. The van der Waals surface area contributed by atoms with Gasteiger partial charge in [-0.15, -0.1) is 0 Å². The number of hydrogen-bond donors (Lipinski definition) is 1. The van der Waals surface area contributed by atoms with E-state index in [1.54, 1.807) is 48.5 Å². The highest BCUT2D eigenvalue weighted by Gasteiger charge is 2.12. The van der Waals surface area contributed by atoms with Gasteiger partial charge in [-0.2, -0.15) is 0 Å². The van der Waals surface area contributed by atoms with Gasteiger partial charge in [0.15, 0.2) is 11.3 Å². The van der Waals surface area contributed by atoms with E-state index in [1.165, 1.54) is 7.11 Å². The molecule has 22 heavy (non-hydrogen) atoms. The number of para-hydroxylation sites is 1. The molecule has 0 radical (unpaired) electrons. The number of amides is 1. The molecule has 0 unspecified atom stereocenters. The van der Waals surface area contributed by atoms with Crippen LogP contribution in [0, 0.1) is 0 Å². The van der Waals surface area contributed by atoms with Crippen LogP contribution in [0.5, 0.6) is 5.75 Å². The lowest BCUT2D eigenvalue weighted by molar-refractivity contribution is 0.102. The van der Waals surface area contributed by atoms with Crippen LogP contribution in [0.15, 0.2) is 63.8 Å². The maximum Gasteiger partial charge on any atom is 0.360 e. The zero-order chi connectivity index (χ0) is 15.5. The first-order chi connectivity index (χ1) is 10.7. The van der Waals surface area contributed by atoms with E-state index in [1.807, 2.05) is 6.07 Å². The Kier molecular flexibility index (Phi) is 3.62. The summed E-state index contributed by atoms with van der Waals surface area (Å²) in [5.41, 5.74) is 0.288. The first-order valence-electron chi connectivity index (χ1n) is 6.66. The van der Waals surface area contributed by atoms with Gasteiger partial charge in [0.25, 0.3) is 5.91 Å². The van der Waals surface area contributed by atoms with Gasteiger partial charge in [-0.3, -0.25) is 4.79 Å². The summed E-state index contributed by atoms with van der Waals surface area (Å²) < 4.78 is 10.4. The van der Waals surface area contributed by atoms with Gasteiger partial charge >= 0.3 is 5.63 Å². The number of fused-ring (bicyclic) bond motifs is 1. The summed E-state index contributed by atoms with van der Waals surface area (Å²) in [5, 5.41) is 3.24. The van der Waals surface area contributed by atoms with Crippen LogP contribution in [-0.2, 0) is 0 Å². The van der Waals surface area contributed by atoms with Crippen molar-refractivity contribution in [3.8, 4) is 5.75 Å². The fourth-order valence-electron chi connectivity index (χ4n) is 2.15. The number of benzene rings is 2. The zero-order valence-electron chi connectivity index (χ0n) is 11.8. The lowest BCUT2D eigenvalue weighted by Crippen LogP contribution is -2.17. The van der Waals surface area contributed by atoms with E-state index in [2.05, 4.69) is 5.32 Å². The van der Waals surface area contributed by atoms with Crippen molar-refractivity contribution >= 4 is 22.6 Å². The van der Waals surface area contributed by atoms with Crippen LogP contribution in [0.3, 0.4) is 0 Å². The molecule has 0 aliphatic rings. The molecule has 1 heterocycles. The van der Waals surface area contributed by atoms with Crippen LogP contribution >= 0.6 is 0 Å². The third-order valence-corrected chi connectivity index (χ3v) is 3.23. The topological polar surface area (TPSA) is 68.5 Å². The average Bonchev–Trinajstić information content (AvgIpc) is 2.56. The van der Waals surface area contributed by atoms with Gasteiger partial charge in [0.1, 0.15) is 5.69 Å². The highest BCUT2D eigenvalue weighted by molar-refractivity contribution is 6.04. The fourth-order valence-corrected chi connectivity index (χ4v) is 2.15. The van der Waals surface area contributed by atoms with Crippen molar-refractivity contribution in [3.05, 3.63) is 70.6 Å². The van der Waals surface area contributed by atoms with Gasteiger partial charge in [-0.05, 0) is 24.3 Å². The second-order valence-corrected chi connectivity index (χ2v) is 4.65. The predicted octanol–water partition coefficient (Wildman–Crippen LogP) is 3.05. The second kappa shape index (κ2) is 5.73. The standard InChI is InChI=1S/C17H13NO4/c1-21-14-9-5-8-12-10-13(17(20)22-15(12)14)18-16(19)11-6-3-2-4-7-11/h2-10H,1H3,(H,18,19). The molecule has 0 bridgehead atoms. The molecule has 0 saturated heterocycles. The molecular formula is C17H13NO4. The molecule has 0 saturated carbocycles. The molecule has 0 fully saturated rings. The average molecular weight is 295 g/mol. The van der Waals surface area contributed by atoms with E-state index in [0.29, 0.717) is 22.3 Å². The predicted molar refractivity (Wildman–Crippen MR) is 83.4 cm³/mol.